The summed E-state index contributed by atoms with van der Waals surface area (Å²) in [6.07, 6.45) is -3.21. The van der Waals surface area contributed by atoms with Gasteiger partial charge in [-0.3, -0.25) is 0 Å². The summed E-state index contributed by atoms with van der Waals surface area (Å²) in [5, 5.41) is -0.366. The van der Waals surface area contributed by atoms with Crippen LogP contribution in [0.15, 0.2) is 24.4 Å². The number of thiazole rings is 1. The molecule has 0 aliphatic heterocycles. The molecule has 2 aromatic rings. The fourth-order valence-electron chi connectivity index (χ4n) is 1.50. The number of nitrogens with two attached hydrogens (primary N) is 1. The van der Waals surface area contributed by atoms with Gasteiger partial charge in [0, 0.05) is 17.8 Å². The molecule has 0 atom stereocenters. The first-order valence-corrected chi connectivity index (χ1v) is 6.13. The SMILES string of the molecule is NCc1cc(Cl)ccc1-c1cnc(C(F)(F)F)s1. The molecule has 0 spiro atoms. The molecule has 96 valence electrons. The third-order valence-electron chi connectivity index (χ3n) is 2.30. The van der Waals surface area contributed by atoms with Gasteiger partial charge in [-0.15, -0.1) is 11.3 Å². The quantitative estimate of drug-likeness (QED) is 0.910. The number of hydrogen-bond donors (Lipinski definition) is 1. The molecule has 0 fully saturated rings. The number of halogens is 4. The lowest BCUT2D eigenvalue weighted by Crippen LogP contribution is -2.02. The van der Waals surface area contributed by atoms with Gasteiger partial charge >= 0.3 is 6.18 Å². The molecule has 1 heterocycles. The van der Waals surface area contributed by atoms with Crippen LogP contribution >= 0.6 is 22.9 Å². The van der Waals surface area contributed by atoms with E-state index in [-0.39, 0.29) is 6.54 Å². The third-order valence-corrected chi connectivity index (χ3v) is 3.61. The Morgan fingerprint density at radius 1 is 1.33 bits per heavy atom. The van der Waals surface area contributed by atoms with E-state index in [4.69, 9.17) is 17.3 Å². The minimum Gasteiger partial charge on any atom is -0.326 e. The second-order valence-corrected chi connectivity index (χ2v) is 5.00. The number of alkyl halides is 3. The maximum absolute atomic E-state index is 12.5. The van der Waals surface area contributed by atoms with Crippen LogP contribution in [-0.2, 0) is 12.7 Å². The fourth-order valence-corrected chi connectivity index (χ4v) is 2.54. The largest absolute Gasteiger partial charge is 0.443 e. The molecule has 0 aliphatic carbocycles. The van der Waals surface area contributed by atoms with Gasteiger partial charge in [0.15, 0.2) is 5.01 Å². The summed E-state index contributed by atoms with van der Waals surface area (Å²) < 4.78 is 37.4. The number of aromatic nitrogens is 1. The molecule has 0 radical (unpaired) electrons. The van der Waals surface area contributed by atoms with E-state index < -0.39 is 11.2 Å². The van der Waals surface area contributed by atoms with Crippen molar-refractivity contribution in [3.63, 3.8) is 0 Å². The van der Waals surface area contributed by atoms with E-state index in [1.165, 1.54) is 6.20 Å². The lowest BCUT2D eigenvalue weighted by Gasteiger charge is -2.05. The van der Waals surface area contributed by atoms with Crippen molar-refractivity contribution >= 4 is 22.9 Å². The second kappa shape index (κ2) is 4.87. The molecule has 2 N–H and O–H groups in total. The zero-order valence-corrected chi connectivity index (χ0v) is 10.5. The summed E-state index contributed by atoms with van der Waals surface area (Å²) in [6.45, 7) is 0.204. The smallest absolute Gasteiger partial charge is 0.326 e. The van der Waals surface area contributed by atoms with Crippen LogP contribution in [0.5, 0.6) is 0 Å². The Balaban J connectivity index is 2.46. The van der Waals surface area contributed by atoms with Crippen molar-refractivity contribution in [3.8, 4) is 10.4 Å². The van der Waals surface area contributed by atoms with Crippen molar-refractivity contribution in [3.05, 3.63) is 40.0 Å². The predicted molar refractivity (Wildman–Crippen MR) is 65.5 cm³/mol. The highest BCUT2D eigenvalue weighted by Gasteiger charge is 2.34. The van der Waals surface area contributed by atoms with Crippen molar-refractivity contribution < 1.29 is 13.2 Å². The molecule has 0 unspecified atom stereocenters. The zero-order chi connectivity index (χ0) is 13.3. The summed E-state index contributed by atoms with van der Waals surface area (Å²) in [5.74, 6) is 0. The summed E-state index contributed by atoms with van der Waals surface area (Å²) >= 11 is 6.41. The van der Waals surface area contributed by atoms with E-state index in [0.29, 0.717) is 32.4 Å². The highest BCUT2D eigenvalue weighted by atomic mass is 35.5. The van der Waals surface area contributed by atoms with Crippen LogP contribution in [0.4, 0.5) is 13.2 Å². The van der Waals surface area contributed by atoms with Crippen LogP contribution < -0.4 is 5.73 Å². The number of benzene rings is 1. The molecule has 2 rings (SSSR count). The van der Waals surface area contributed by atoms with Gasteiger partial charge in [-0.1, -0.05) is 17.7 Å². The summed E-state index contributed by atoms with van der Waals surface area (Å²) in [7, 11) is 0. The van der Waals surface area contributed by atoms with Crippen LogP contribution in [0, 0.1) is 0 Å². The van der Waals surface area contributed by atoms with Gasteiger partial charge in [0.1, 0.15) is 0 Å². The van der Waals surface area contributed by atoms with E-state index in [1.807, 2.05) is 0 Å². The lowest BCUT2D eigenvalue weighted by atomic mass is 10.1. The first-order valence-electron chi connectivity index (χ1n) is 4.93. The van der Waals surface area contributed by atoms with E-state index in [1.54, 1.807) is 18.2 Å². The maximum Gasteiger partial charge on any atom is 0.443 e. The third kappa shape index (κ3) is 2.66. The molecular weight excluding hydrogens is 285 g/mol. The van der Waals surface area contributed by atoms with Crippen LogP contribution in [0.25, 0.3) is 10.4 Å². The van der Waals surface area contributed by atoms with Crippen molar-refractivity contribution in [2.24, 2.45) is 5.73 Å². The van der Waals surface area contributed by atoms with E-state index in [2.05, 4.69) is 4.98 Å². The average molecular weight is 293 g/mol. The highest BCUT2D eigenvalue weighted by Crippen LogP contribution is 2.37. The van der Waals surface area contributed by atoms with Gasteiger partial charge in [-0.2, -0.15) is 13.2 Å². The topological polar surface area (TPSA) is 38.9 Å². The zero-order valence-electron chi connectivity index (χ0n) is 8.96. The van der Waals surface area contributed by atoms with Crippen molar-refractivity contribution in [2.75, 3.05) is 0 Å². The van der Waals surface area contributed by atoms with Gasteiger partial charge in [0.25, 0.3) is 0 Å². The fraction of sp³-hybridized carbons (Fsp3) is 0.182. The minimum absolute atomic E-state index is 0.204. The highest BCUT2D eigenvalue weighted by molar-refractivity contribution is 7.15. The molecule has 2 nitrogen and oxygen atoms in total. The Bertz CT molecular complexity index is 566. The summed E-state index contributed by atoms with van der Waals surface area (Å²) in [5.41, 5.74) is 6.88. The van der Waals surface area contributed by atoms with E-state index in [0.717, 1.165) is 0 Å². The summed E-state index contributed by atoms with van der Waals surface area (Å²) in [4.78, 5) is 3.81. The van der Waals surface area contributed by atoms with Gasteiger partial charge in [0.2, 0.25) is 0 Å². The van der Waals surface area contributed by atoms with Crippen molar-refractivity contribution in [1.82, 2.24) is 4.98 Å². The Morgan fingerprint density at radius 2 is 2.06 bits per heavy atom. The first-order chi connectivity index (χ1) is 8.41. The Morgan fingerprint density at radius 3 is 2.61 bits per heavy atom. The van der Waals surface area contributed by atoms with Crippen molar-refractivity contribution in [1.29, 1.82) is 0 Å². The van der Waals surface area contributed by atoms with Crippen LogP contribution in [0.1, 0.15) is 10.6 Å². The van der Waals surface area contributed by atoms with E-state index >= 15 is 0 Å². The number of rotatable bonds is 2. The molecular formula is C11H8ClF3N2S. The normalized spacial score (nSPS) is 11.8. The molecule has 0 aliphatic rings. The lowest BCUT2D eigenvalue weighted by molar-refractivity contribution is -0.137. The molecule has 0 bridgehead atoms. The molecule has 0 saturated heterocycles. The standard InChI is InChI=1S/C11H8ClF3N2S/c12-7-1-2-8(6(3-7)4-16)9-5-17-10(18-9)11(13,14)15/h1-3,5H,4,16H2. The first kappa shape index (κ1) is 13.3. The van der Waals surface area contributed by atoms with Crippen molar-refractivity contribution in [2.45, 2.75) is 12.7 Å². The second-order valence-electron chi connectivity index (χ2n) is 3.53. The minimum atomic E-state index is -4.42. The maximum atomic E-state index is 12.5. The molecule has 1 aromatic carbocycles. The van der Waals surface area contributed by atoms with Crippen LogP contribution in [-0.4, -0.2) is 4.98 Å². The number of hydrogen-bond acceptors (Lipinski definition) is 3. The van der Waals surface area contributed by atoms with Crippen LogP contribution in [0.3, 0.4) is 0 Å². The monoisotopic (exact) mass is 292 g/mol. The Hall–Kier alpha value is -1.11. The van der Waals surface area contributed by atoms with Gasteiger partial charge < -0.3 is 5.73 Å². The molecule has 7 heteroatoms. The average Bonchev–Trinajstić information content (AvgIpc) is 2.77. The molecule has 1 aromatic heterocycles. The summed E-state index contributed by atoms with van der Waals surface area (Å²) in [6, 6.07) is 4.91. The predicted octanol–water partition coefficient (Wildman–Crippen LogP) is 3.94. The number of nitrogens with zero attached hydrogens (tertiary/aromatic N) is 1. The van der Waals surface area contributed by atoms with Gasteiger partial charge in [-0.25, -0.2) is 4.98 Å². The molecule has 18 heavy (non-hydrogen) atoms. The molecule has 0 amide bonds. The van der Waals surface area contributed by atoms with Crippen LogP contribution in [0.2, 0.25) is 5.02 Å². The Kier molecular flexibility index (Phi) is 3.61. The molecule has 0 saturated carbocycles. The Labute approximate surface area is 110 Å². The van der Waals surface area contributed by atoms with E-state index in [9.17, 15) is 13.2 Å². The van der Waals surface area contributed by atoms with Gasteiger partial charge in [0.05, 0.1) is 4.88 Å². The van der Waals surface area contributed by atoms with Gasteiger partial charge in [-0.05, 0) is 23.3 Å².